The van der Waals surface area contributed by atoms with E-state index in [1.165, 1.54) is 25.7 Å². The second-order valence-electron chi connectivity index (χ2n) is 5.87. The molecule has 2 atom stereocenters. The molecule has 90 valence electrons. The molecular formula is C13H27NO. The SMILES string of the molecule is CC1CCCC(CO)(CN(C)C(C)C)C1. The Bertz CT molecular complexity index is 193. The standard InChI is InChI=1S/C13H27NO/c1-11(2)14(4)9-13(10-15)7-5-6-12(3)8-13/h11-12,15H,5-10H2,1-4H3. The van der Waals surface area contributed by atoms with Gasteiger partial charge in [0.1, 0.15) is 0 Å². The molecule has 1 fully saturated rings. The van der Waals surface area contributed by atoms with Crippen molar-refractivity contribution in [1.29, 1.82) is 0 Å². The van der Waals surface area contributed by atoms with Gasteiger partial charge in [-0.3, -0.25) is 0 Å². The molecule has 2 nitrogen and oxygen atoms in total. The minimum atomic E-state index is 0.177. The molecule has 1 aliphatic carbocycles. The summed E-state index contributed by atoms with van der Waals surface area (Å²) in [5.41, 5.74) is 0.177. The molecule has 1 saturated carbocycles. The third-order valence-electron chi connectivity index (χ3n) is 3.99. The van der Waals surface area contributed by atoms with E-state index in [0.717, 1.165) is 12.5 Å². The van der Waals surface area contributed by atoms with E-state index in [1.54, 1.807) is 0 Å². The molecule has 0 aliphatic heterocycles. The summed E-state index contributed by atoms with van der Waals surface area (Å²) < 4.78 is 0. The summed E-state index contributed by atoms with van der Waals surface area (Å²) in [5, 5.41) is 9.66. The molecule has 1 rings (SSSR count). The summed E-state index contributed by atoms with van der Waals surface area (Å²) in [7, 11) is 2.17. The van der Waals surface area contributed by atoms with E-state index < -0.39 is 0 Å². The Morgan fingerprint density at radius 1 is 1.47 bits per heavy atom. The molecule has 15 heavy (non-hydrogen) atoms. The average molecular weight is 213 g/mol. The summed E-state index contributed by atoms with van der Waals surface area (Å²) in [4.78, 5) is 2.37. The first-order valence-corrected chi connectivity index (χ1v) is 6.30. The van der Waals surface area contributed by atoms with Crippen molar-refractivity contribution in [3.8, 4) is 0 Å². The highest BCUT2D eigenvalue weighted by Gasteiger charge is 2.35. The smallest absolute Gasteiger partial charge is 0.0499 e. The number of aliphatic hydroxyl groups excluding tert-OH is 1. The number of aliphatic hydroxyl groups is 1. The maximum Gasteiger partial charge on any atom is 0.0499 e. The van der Waals surface area contributed by atoms with E-state index in [-0.39, 0.29) is 5.41 Å². The highest BCUT2D eigenvalue weighted by molar-refractivity contribution is 4.87. The van der Waals surface area contributed by atoms with Gasteiger partial charge in [0.25, 0.3) is 0 Å². The second-order valence-corrected chi connectivity index (χ2v) is 5.87. The summed E-state index contributed by atoms with van der Waals surface area (Å²) in [6.07, 6.45) is 5.02. The molecule has 2 heteroatoms. The summed E-state index contributed by atoms with van der Waals surface area (Å²) in [6.45, 7) is 8.16. The van der Waals surface area contributed by atoms with Crippen LogP contribution in [0.1, 0.15) is 46.5 Å². The van der Waals surface area contributed by atoms with Gasteiger partial charge in [0.05, 0.1) is 0 Å². The Morgan fingerprint density at radius 2 is 2.13 bits per heavy atom. The molecule has 2 unspecified atom stereocenters. The Labute approximate surface area is 94.7 Å². The van der Waals surface area contributed by atoms with Crippen molar-refractivity contribution in [1.82, 2.24) is 4.90 Å². The Balaban J connectivity index is 2.59. The van der Waals surface area contributed by atoms with Gasteiger partial charge in [-0.1, -0.05) is 19.8 Å². The summed E-state index contributed by atoms with van der Waals surface area (Å²) in [5.74, 6) is 0.784. The lowest BCUT2D eigenvalue weighted by atomic mass is 9.70. The summed E-state index contributed by atoms with van der Waals surface area (Å²) in [6, 6.07) is 0.575. The third kappa shape index (κ3) is 3.46. The Hall–Kier alpha value is -0.0800. The molecular weight excluding hydrogens is 186 g/mol. The molecule has 1 aliphatic rings. The predicted octanol–water partition coefficient (Wildman–Crippen LogP) is 2.52. The van der Waals surface area contributed by atoms with Crippen LogP contribution >= 0.6 is 0 Å². The van der Waals surface area contributed by atoms with Gasteiger partial charge in [-0.25, -0.2) is 0 Å². The first kappa shape index (κ1) is 13.0. The van der Waals surface area contributed by atoms with Crippen molar-refractivity contribution in [3.05, 3.63) is 0 Å². The van der Waals surface area contributed by atoms with E-state index in [4.69, 9.17) is 0 Å². The maximum absolute atomic E-state index is 9.66. The number of nitrogens with zero attached hydrogens (tertiary/aromatic N) is 1. The van der Waals surface area contributed by atoms with Crippen LogP contribution in [0.2, 0.25) is 0 Å². The average Bonchev–Trinajstić information content (AvgIpc) is 2.17. The lowest BCUT2D eigenvalue weighted by molar-refractivity contribution is 0.0236. The van der Waals surface area contributed by atoms with Gasteiger partial charge in [0.15, 0.2) is 0 Å². The van der Waals surface area contributed by atoms with E-state index in [9.17, 15) is 5.11 Å². The monoisotopic (exact) mass is 213 g/mol. The van der Waals surface area contributed by atoms with Gasteiger partial charge < -0.3 is 10.0 Å². The molecule has 0 saturated heterocycles. The number of rotatable bonds is 4. The molecule has 0 radical (unpaired) electrons. The highest BCUT2D eigenvalue weighted by Crippen LogP contribution is 2.39. The van der Waals surface area contributed by atoms with Gasteiger partial charge in [-0.15, -0.1) is 0 Å². The van der Waals surface area contributed by atoms with Crippen molar-refractivity contribution in [3.63, 3.8) is 0 Å². The minimum absolute atomic E-state index is 0.177. The molecule has 1 N–H and O–H groups in total. The van der Waals surface area contributed by atoms with Gasteiger partial charge in [-0.05, 0) is 39.7 Å². The minimum Gasteiger partial charge on any atom is -0.396 e. The van der Waals surface area contributed by atoms with Crippen molar-refractivity contribution in [2.24, 2.45) is 11.3 Å². The van der Waals surface area contributed by atoms with Crippen molar-refractivity contribution >= 4 is 0 Å². The van der Waals surface area contributed by atoms with Gasteiger partial charge in [0.2, 0.25) is 0 Å². The molecule has 0 spiro atoms. The van der Waals surface area contributed by atoms with Crippen LogP contribution in [0.5, 0.6) is 0 Å². The van der Waals surface area contributed by atoms with E-state index in [0.29, 0.717) is 12.6 Å². The van der Waals surface area contributed by atoms with Crippen LogP contribution in [0, 0.1) is 11.3 Å². The molecule has 0 amide bonds. The van der Waals surface area contributed by atoms with Crippen LogP contribution in [0.4, 0.5) is 0 Å². The lowest BCUT2D eigenvalue weighted by Crippen LogP contribution is -2.43. The topological polar surface area (TPSA) is 23.5 Å². The first-order chi connectivity index (χ1) is 6.99. The number of hydrogen-bond acceptors (Lipinski definition) is 2. The summed E-state index contributed by atoms with van der Waals surface area (Å²) >= 11 is 0. The molecule has 0 aromatic carbocycles. The van der Waals surface area contributed by atoms with Gasteiger partial charge in [0, 0.05) is 24.6 Å². The molecule has 0 bridgehead atoms. The zero-order valence-corrected chi connectivity index (χ0v) is 10.8. The fourth-order valence-electron chi connectivity index (χ4n) is 2.82. The van der Waals surface area contributed by atoms with Gasteiger partial charge in [-0.2, -0.15) is 0 Å². The van der Waals surface area contributed by atoms with Crippen LogP contribution in [0.3, 0.4) is 0 Å². The van der Waals surface area contributed by atoms with Crippen LogP contribution in [0.25, 0.3) is 0 Å². The Morgan fingerprint density at radius 3 is 2.60 bits per heavy atom. The third-order valence-corrected chi connectivity index (χ3v) is 3.99. The van der Waals surface area contributed by atoms with Crippen LogP contribution in [-0.4, -0.2) is 36.2 Å². The quantitative estimate of drug-likeness (QED) is 0.775. The fourth-order valence-corrected chi connectivity index (χ4v) is 2.82. The van der Waals surface area contributed by atoms with Crippen molar-refractivity contribution < 1.29 is 5.11 Å². The van der Waals surface area contributed by atoms with Crippen LogP contribution in [-0.2, 0) is 0 Å². The highest BCUT2D eigenvalue weighted by atomic mass is 16.3. The zero-order valence-electron chi connectivity index (χ0n) is 10.8. The Kier molecular flexibility index (Phi) is 4.60. The first-order valence-electron chi connectivity index (χ1n) is 6.30. The number of hydrogen-bond donors (Lipinski definition) is 1. The van der Waals surface area contributed by atoms with Crippen LogP contribution in [0.15, 0.2) is 0 Å². The fraction of sp³-hybridized carbons (Fsp3) is 1.00. The zero-order chi connectivity index (χ0) is 11.5. The maximum atomic E-state index is 9.66. The molecule has 0 aromatic heterocycles. The van der Waals surface area contributed by atoms with E-state index in [1.807, 2.05) is 0 Å². The largest absolute Gasteiger partial charge is 0.396 e. The van der Waals surface area contributed by atoms with Gasteiger partial charge >= 0.3 is 0 Å². The lowest BCUT2D eigenvalue weighted by Gasteiger charge is -2.42. The van der Waals surface area contributed by atoms with Crippen LogP contribution < -0.4 is 0 Å². The second kappa shape index (κ2) is 5.31. The van der Waals surface area contributed by atoms with E-state index in [2.05, 4.69) is 32.7 Å². The van der Waals surface area contributed by atoms with Crippen molar-refractivity contribution in [2.75, 3.05) is 20.2 Å². The predicted molar refractivity (Wildman–Crippen MR) is 64.9 cm³/mol. The normalized spacial score (nSPS) is 32.6. The molecule has 0 aromatic rings. The van der Waals surface area contributed by atoms with Crippen molar-refractivity contribution in [2.45, 2.75) is 52.5 Å². The molecule has 0 heterocycles. The van der Waals surface area contributed by atoms with E-state index >= 15 is 0 Å².